The van der Waals surface area contributed by atoms with Gasteiger partial charge in [-0.3, -0.25) is 9.78 Å². The zero-order valence-corrected chi connectivity index (χ0v) is 18.2. The standard InChI is InChI=1S/C26H17FN6O2/c27-23-12-17(13-28)9-10-20(23)16-35-21-8-4-5-18(11-21)15-30-33-26-31-24(19-6-2-1-3-7-19)22(14-29)25(34)32-26/h1-12,15H,16H2,(H2,31,32,33,34). The van der Waals surface area contributed by atoms with Gasteiger partial charge in [-0.2, -0.15) is 15.6 Å². The lowest BCUT2D eigenvalue weighted by Crippen LogP contribution is -2.16. The lowest BCUT2D eigenvalue weighted by Gasteiger charge is -2.08. The Morgan fingerprint density at radius 2 is 1.89 bits per heavy atom. The molecule has 1 aromatic heterocycles. The number of nitrogens with zero attached hydrogens (tertiary/aromatic N) is 4. The summed E-state index contributed by atoms with van der Waals surface area (Å²) in [6.45, 7) is -0.00491. The number of anilines is 1. The number of hydrogen-bond acceptors (Lipinski definition) is 7. The van der Waals surface area contributed by atoms with Crippen molar-refractivity contribution in [2.75, 3.05) is 5.43 Å². The number of ether oxygens (including phenoxy) is 1. The Hall–Kier alpha value is -5.28. The number of aromatic amines is 1. The van der Waals surface area contributed by atoms with Gasteiger partial charge in [0.2, 0.25) is 5.95 Å². The van der Waals surface area contributed by atoms with E-state index in [4.69, 9.17) is 10.00 Å². The first-order chi connectivity index (χ1) is 17.1. The molecule has 8 nitrogen and oxygen atoms in total. The Morgan fingerprint density at radius 1 is 1.06 bits per heavy atom. The number of halogens is 1. The first-order valence-corrected chi connectivity index (χ1v) is 10.4. The van der Waals surface area contributed by atoms with Gasteiger partial charge in [-0.15, -0.1) is 0 Å². The van der Waals surface area contributed by atoms with E-state index in [1.54, 1.807) is 48.5 Å². The maximum atomic E-state index is 14.1. The number of rotatable bonds is 7. The van der Waals surface area contributed by atoms with Crippen molar-refractivity contribution < 1.29 is 9.13 Å². The van der Waals surface area contributed by atoms with Crippen LogP contribution in [0.2, 0.25) is 0 Å². The molecule has 2 N–H and O–H groups in total. The molecule has 1 heterocycles. The summed E-state index contributed by atoms with van der Waals surface area (Å²) in [7, 11) is 0. The summed E-state index contributed by atoms with van der Waals surface area (Å²) < 4.78 is 19.7. The Bertz CT molecular complexity index is 1530. The highest BCUT2D eigenvalue weighted by Crippen LogP contribution is 2.20. The molecule has 35 heavy (non-hydrogen) atoms. The van der Waals surface area contributed by atoms with Crippen LogP contribution in [0.15, 0.2) is 82.7 Å². The predicted molar refractivity (Wildman–Crippen MR) is 128 cm³/mol. The fraction of sp³-hybridized carbons (Fsp3) is 0.0385. The zero-order chi connectivity index (χ0) is 24.6. The van der Waals surface area contributed by atoms with Gasteiger partial charge in [0.15, 0.2) is 0 Å². The highest BCUT2D eigenvalue weighted by Gasteiger charge is 2.12. The number of nitriles is 2. The second-order valence-electron chi connectivity index (χ2n) is 7.27. The average molecular weight is 464 g/mol. The predicted octanol–water partition coefficient (Wildman–Crippen LogP) is 4.34. The van der Waals surface area contributed by atoms with Crippen LogP contribution in [0.4, 0.5) is 10.3 Å². The molecule has 4 rings (SSSR count). The van der Waals surface area contributed by atoms with Crippen molar-refractivity contribution in [3.63, 3.8) is 0 Å². The van der Waals surface area contributed by atoms with Gasteiger partial charge in [0.25, 0.3) is 5.56 Å². The molecule has 0 fully saturated rings. The minimum absolute atomic E-state index is 0.00491. The van der Waals surface area contributed by atoms with E-state index in [-0.39, 0.29) is 29.4 Å². The molecule has 0 saturated carbocycles. The van der Waals surface area contributed by atoms with Crippen LogP contribution in [0.25, 0.3) is 11.3 Å². The molecule has 3 aromatic carbocycles. The molecule has 0 spiro atoms. The maximum Gasteiger partial charge on any atom is 0.270 e. The van der Waals surface area contributed by atoms with Crippen LogP contribution < -0.4 is 15.7 Å². The number of H-pyrrole nitrogens is 1. The summed E-state index contributed by atoms with van der Waals surface area (Å²) in [4.78, 5) is 19.1. The first-order valence-electron chi connectivity index (χ1n) is 10.4. The molecule has 0 atom stereocenters. The second-order valence-corrected chi connectivity index (χ2v) is 7.27. The van der Waals surface area contributed by atoms with E-state index in [2.05, 4.69) is 20.5 Å². The summed E-state index contributed by atoms with van der Waals surface area (Å²) in [5.41, 5.74) is 4.13. The minimum Gasteiger partial charge on any atom is -0.489 e. The van der Waals surface area contributed by atoms with E-state index < -0.39 is 11.4 Å². The number of benzene rings is 3. The Balaban J connectivity index is 1.46. The smallest absolute Gasteiger partial charge is 0.270 e. The molecule has 0 aliphatic rings. The van der Waals surface area contributed by atoms with Crippen LogP contribution in [0, 0.1) is 28.5 Å². The Kier molecular flexibility index (Phi) is 6.91. The van der Waals surface area contributed by atoms with E-state index in [9.17, 15) is 14.4 Å². The van der Waals surface area contributed by atoms with Crippen molar-refractivity contribution in [1.29, 1.82) is 10.5 Å². The third-order valence-electron chi connectivity index (χ3n) is 4.90. The molecule has 0 saturated heterocycles. The summed E-state index contributed by atoms with van der Waals surface area (Å²) in [6, 6.07) is 23.8. The molecule has 0 aliphatic carbocycles. The fourth-order valence-electron chi connectivity index (χ4n) is 3.18. The van der Waals surface area contributed by atoms with Gasteiger partial charge in [-0.05, 0) is 29.8 Å². The largest absolute Gasteiger partial charge is 0.489 e. The number of nitrogens with one attached hydrogen (secondary N) is 2. The highest BCUT2D eigenvalue weighted by atomic mass is 19.1. The van der Waals surface area contributed by atoms with Crippen LogP contribution in [0.3, 0.4) is 0 Å². The van der Waals surface area contributed by atoms with Gasteiger partial charge in [-0.25, -0.2) is 14.8 Å². The van der Waals surface area contributed by atoms with Crippen LogP contribution in [-0.2, 0) is 6.61 Å². The molecule has 0 unspecified atom stereocenters. The van der Waals surface area contributed by atoms with Gasteiger partial charge in [0.1, 0.15) is 29.8 Å². The molecule has 9 heteroatoms. The molecule has 0 amide bonds. The summed E-state index contributed by atoms with van der Waals surface area (Å²) in [5, 5.41) is 22.3. The van der Waals surface area contributed by atoms with Crippen molar-refractivity contribution in [1.82, 2.24) is 9.97 Å². The van der Waals surface area contributed by atoms with Crippen molar-refractivity contribution in [3.8, 4) is 29.1 Å². The van der Waals surface area contributed by atoms with E-state index in [1.165, 1.54) is 18.3 Å². The summed E-state index contributed by atoms with van der Waals surface area (Å²) in [5.74, 6) is 0.0616. The van der Waals surface area contributed by atoms with Crippen LogP contribution in [0.5, 0.6) is 5.75 Å². The number of aromatic nitrogens is 2. The molecule has 0 bridgehead atoms. The molecule has 0 radical (unpaired) electrons. The third kappa shape index (κ3) is 5.56. The van der Waals surface area contributed by atoms with Gasteiger partial charge < -0.3 is 4.74 Å². The topological polar surface area (TPSA) is 127 Å². The van der Waals surface area contributed by atoms with E-state index in [0.29, 0.717) is 22.4 Å². The molecule has 170 valence electrons. The first kappa shape index (κ1) is 22.9. The summed E-state index contributed by atoms with van der Waals surface area (Å²) in [6.07, 6.45) is 1.50. The number of hydrazone groups is 1. The van der Waals surface area contributed by atoms with Crippen LogP contribution in [-0.4, -0.2) is 16.2 Å². The number of hydrogen-bond donors (Lipinski definition) is 2. The van der Waals surface area contributed by atoms with Gasteiger partial charge in [-0.1, -0.05) is 48.5 Å². The van der Waals surface area contributed by atoms with Crippen LogP contribution >= 0.6 is 0 Å². The fourth-order valence-corrected chi connectivity index (χ4v) is 3.18. The van der Waals surface area contributed by atoms with Gasteiger partial charge in [0.05, 0.1) is 23.5 Å². The van der Waals surface area contributed by atoms with Crippen molar-refractivity contribution in [2.45, 2.75) is 6.61 Å². The molecular weight excluding hydrogens is 447 g/mol. The Labute approximate surface area is 199 Å². The average Bonchev–Trinajstić information content (AvgIpc) is 2.88. The molecular formula is C26H17FN6O2. The highest BCUT2D eigenvalue weighted by molar-refractivity contribution is 5.80. The summed E-state index contributed by atoms with van der Waals surface area (Å²) >= 11 is 0. The lowest BCUT2D eigenvalue weighted by molar-refractivity contribution is 0.300. The minimum atomic E-state index is -0.579. The van der Waals surface area contributed by atoms with E-state index in [1.807, 2.05) is 18.2 Å². The monoisotopic (exact) mass is 464 g/mol. The van der Waals surface area contributed by atoms with Crippen LogP contribution in [0.1, 0.15) is 22.3 Å². The van der Waals surface area contributed by atoms with E-state index in [0.717, 1.165) is 6.07 Å². The SMILES string of the molecule is N#Cc1ccc(COc2cccc(C=NNc3nc(-c4ccccc4)c(C#N)c(=O)[nH]3)c2)c(F)c1. The Morgan fingerprint density at radius 3 is 2.63 bits per heavy atom. The van der Waals surface area contributed by atoms with Crippen molar-refractivity contribution >= 4 is 12.2 Å². The zero-order valence-electron chi connectivity index (χ0n) is 18.2. The van der Waals surface area contributed by atoms with Gasteiger partial charge >= 0.3 is 0 Å². The molecule has 4 aromatic rings. The molecule has 0 aliphatic heterocycles. The second kappa shape index (κ2) is 10.6. The van der Waals surface area contributed by atoms with Crippen molar-refractivity contribution in [3.05, 3.63) is 111 Å². The normalized spacial score (nSPS) is 10.5. The lowest BCUT2D eigenvalue weighted by atomic mass is 10.1. The van der Waals surface area contributed by atoms with E-state index >= 15 is 0 Å². The quantitative estimate of drug-likeness (QED) is 0.309. The maximum absolute atomic E-state index is 14.1. The van der Waals surface area contributed by atoms with Crippen molar-refractivity contribution in [2.24, 2.45) is 5.10 Å². The van der Waals surface area contributed by atoms with Gasteiger partial charge in [0, 0.05) is 11.1 Å². The third-order valence-corrected chi connectivity index (χ3v) is 4.90.